The minimum Gasteiger partial charge on any atom is -0.487 e. The van der Waals surface area contributed by atoms with Crippen LogP contribution in [0.25, 0.3) is 0 Å². The molecule has 4 nitrogen and oxygen atoms in total. The number of halogens is 1. The zero-order chi connectivity index (χ0) is 14.2. The molecule has 3 aliphatic rings. The molecule has 0 saturated heterocycles. The molecule has 2 N–H and O–H groups in total. The Bertz CT molecular complexity index is 637. The molecule has 0 unspecified atom stereocenters. The largest absolute Gasteiger partial charge is 0.487 e. The lowest BCUT2D eigenvalue weighted by molar-refractivity contribution is -0.0478. The Morgan fingerprint density at radius 2 is 2.05 bits per heavy atom. The average Bonchev–Trinajstić information content (AvgIpc) is 3.11. The highest BCUT2D eigenvalue weighted by atomic mass is 79.9. The lowest BCUT2D eigenvalue weighted by Crippen LogP contribution is -2.55. The summed E-state index contributed by atoms with van der Waals surface area (Å²) in [5.74, 6) is 0.887. The van der Waals surface area contributed by atoms with Crippen LogP contribution in [-0.2, 0) is 10.3 Å². The van der Waals surface area contributed by atoms with Crippen LogP contribution in [0.1, 0.15) is 32.3 Å². The molecule has 1 fully saturated rings. The molecule has 0 radical (unpaired) electrons. The monoisotopic (exact) mass is 336 g/mol. The molecule has 5 heteroatoms. The normalized spacial score (nSPS) is 31.4. The molecule has 0 amide bonds. The Hall–Kier alpha value is -1.23. The van der Waals surface area contributed by atoms with E-state index in [9.17, 15) is 0 Å². The molecule has 0 aromatic heterocycles. The number of ether oxygens (including phenoxy) is 2. The molecule has 4 rings (SSSR count). The maximum absolute atomic E-state index is 6.29. The molecule has 1 aliphatic carbocycles. The first-order chi connectivity index (χ1) is 9.40. The van der Waals surface area contributed by atoms with Crippen molar-refractivity contribution in [2.75, 3.05) is 6.61 Å². The van der Waals surface area contributed by atoms with Crippen LogP contribution in [0.2, 0.25) is 0 Å². The number of nitrogens with two attached hydrogens (primary N) is 1. The van der Waals surface area contributed by atoms with E-state index < -0.39 is 5.54 Å². The van der Waals surface area contributed by atoms with Crippen molar-refractivity contribution in [1.82, 2.24) is 0 Å². The second-order valence-corrected chi connectivity index (χ2v) is 7.35. The molecule has 0 bridgehead atoms. The van der Waals surface area contributed by atoms with E-state index in [4.69, 9.17) is 20.2 Å². The standard InChI is InChI=1S/C15H17BrN2O2/c1-13(2)14(5-6-14)15(8-19-12(17)18-15)10-7-9(16)3-4-11(10)20-13/h3-4,7H,5-6,8H2,1-2H3,(H2,17,18)/t15-/m1/s1. The lowest BCUT2D eigenvalue weighted by atomic mass is 9.66. The first-order valence-electron chi connectivity index (χ1n) is 6.87. The third-order valence-electron chi connectivity index (χ3n) is 5.18. The van der Waals surface area contributed by atoms with Crippen molar-refractivity contribution in [3.05, 3.63) is 28.2 Å². The molecule has 2 aliphatic heterocycles. The van der Waals surface area contributed by atoms with E-state index in [1.165, 1.54) is 0 Å². The van der Waals surface area contributed by atoms with E-state index in [1.54, 1.807) is 0 Å². The lowest BCUT2D eigenvalue weighted by Gasteiger charge is -2.49. The van der Waals surface area contributed by atoms with Gasteiger partial charge in [0.1, 0.15) is 23.5 Å². The summed E-state index contributed by atoms with van der Waals surface area (Å²) >= 11 is 3.55. The number of fused-ring (bicyclic) bond motifs is 3. The van der Waals surface area contributed by atoms with Crippen LogP contribution >= 0.6 is 15.9 Å². The van der Waals surface area contributed by atoms with Crippen molar-refractivity contribution in [3.63, 3.8) is 0 Å². The van der Waals surface area contributed by atoms with Crippen LogP contribution in [0.3, 0.4) is 0 Å². The van der Waals surface area contributed by atoms with Gasteiger partial charge in [-0.15, -0.1) is 0 Å². The summed E-state index contributed by atoms with van der Waals surface area (Å²) in [6.45, 7) is 4.81. The van der Waals surface area contributed by atoms with Crippen LogP contribution < -0.4 is 10.5 Å². The summed E-state index contributed by atoms with van der Waals surface area (Å²) in [6.07, 6.45) is 2.18. The van der Waals surface area contributed by atoms with Gasteiger partial charge in [-0.1, -0.05) is 15.9 Å². The van der Waals surface area contributed by atoms with Gasteiger partial charge in [-0.3, -0.25) is 0 Å². The predicted molar refractivity (Wildman–Crippen MR) is 79.8 cm³/mol. The third-order valence-corrected chi connectivity index (χ3v) is 5.67. The van der Waals surface area contributed by atoms with Gasteiger partial charge in [-0.25, -0.2) is 4.99 Å². The highest BCUT2D eigenvalue weighted by Gasteiger charge is 2.73. The van der Waals surface area contributed by atoms with Crippen LogP contribution in [0.4, 0.5) is 0 Å². The summed E-state index contributed by atoms with van der Waals surface area (Å²) in [7, 11) is 0. The van der Waals surface area contributed by atoms with Gasteiger partial charge in [-0.05, 0) is 44.9 Å². The van der Waals surface area contributed by atoms with Gasteiger partial charge in [0.05, 0.1) is 0 Å². The first kappa shape index (κ1) is 12.5. The Labute approximate surface area is 126 Å². The molecular weight excluding hydrogens is 320 g/mol. The van der Waals surface area contributed by atoms with Crippen molar-refractivity contribution >= 4 is 22.0 Å². The van der Waals surface area contributed by atoms with E-state index >= 15 is 0 Å². The van der Waals surface area contributed by atoms with E-state index in [2.05, 4.69) is 35.8 Å². The number of benzene rings is 1. The van der Waals surface area contributed by atoms with Gasteiger partial charge in [0.15, 0.2) is 0 Å². The first-order valence-corrected chi connectivity index (χ1v) is 7.67. The van der Waals surface area contributed by atoms with Crippen molar-refractivity contribution < 1.29 is 9.47 Å². The van der Waals surface area contributed by atoms with E-state index in [-0.39, 0.29) is 11.0 Å². The predicted octanol–water partition coefficient (Wildman–Crippen LogP) is 2.94. The fourth-order valence-corrected chi connectivity index (χ4v) is 4.36. The topological polar surface area (TPSA) is 56.8 Å². The van der Waals surface area contributed by atoms with Gasteiger partial charge in [0.25, 0.3) is 6.02 Å². The van der Waals surface area contributed by atoms with Gasteiger partial charge < -0.3 is 15.2 Å². The van der Waals surface area contributed by atoms with Crippen molar-refractivity contribution in [1.29, 1.82) is 0 Å². The van der Waals surface area contributed by atoms with Gasteiger partial charge in [0.2, 0.25) is 0 Å². The second-order valence-electron chi connectivity index (χ2n) is 6.43. The SMILES string of the molecule is CC1(C)Oc2ccc(Br)cc2[C@]2(COC(N)=N2)C12CC2. The Morgan fingerprint density at radius 1 is 1.30 bits per heavy atom. The number of hydrogen-bond donors (Lipinski definition) is 1. The highest BCUT2D eigenvalue weighted by molar-refractivity contribution is 9.10. The molecule has 2 heterocycles. The van der Waals surface area contributed by atoms with Crippen LogP contribution in [0, 0.1) is 5.41 Å². The maximum Gasteiger partial charge on any atom is 0.283 e. The fraction of sp³-hybridized carbons (Fsp3) is 0.533. The minimum absolute atomic E-state index is 0.0189. The van der Waals surface area contributed by atoms with Crippen LogP contribution in [0.15, 0.2) is 27.7 Å². The van der Waals surface area contributed by atoms with Crippen molar-refractivity contribution in [2.24, 2.45) is 16.1 Å². The number of rotatable bonds is 0. The van der Waals surface area contributed by atoms with Gasteiger partial charge in [-0.2, -0.15) is 0 Å². The summed E-state index contributed by atoms with van der Waals surface area (Å²) < 4.78 is 12.9. The summed E-state index contributed by atoms with van der Waals surface area (Å²) in [5.41, 5.74) is 6.24. The number of aliphatic imine (C=N–C) groups is 1. The molecule has 1 aromatic rings. The number of nitrogens with zero attached hydrogens (tertiary/aromatic N) is 1. The fourth-order valence-electron chi connectivity index (χ4n) is 4.00. The molecule has 1 saturated carbocycles. The number of amidine groups is 1. The van der Waals surface area contributed by atoms with Crippen molar-refractivity contribution in [3.8, 4) is 5.75 Å². The average molecular weight is 337 g/mol. The molecular formula is C15H17BrN2O2. The Kier molecular flexibility index (Phi) is 2.19. The van der Waals surface area contributed by atoms with Crippen LogP contribution in [0.5, 0.6) is 5.75 Å². The molecule has 20 heavy (non-hydrogen) atoms. The van der Waals surface area contributed by atoms with E-state index in [1.807, 2.05) is 12.1 Å². The zero-order valence-electron chi connectivity index (χ0n) is 11.6. The molecule has 106 valence electrons. The molecule has 1 atom stereocenters. The molecule has 1 aromatic carbocycles. The summed E-state index contributed by atoms with van der Waals surface area (Å²) in [5, 5.41) is 0. The summed E-state index contributed by atoms with van der Waals surface area (Å²) in [6, 6.07) is 6.38. The highest BCUT2D eigenvalue weighted by Crippen LogP contribution is 2.71. The quantitative estimate of drug-likeness (QED) is 0.792. The van der Waals surface area contributed by atoms with E-state index in [0.717, 1.165) is 28.6 Å². The van der Waals surface area contributed by atoms with Crippen LogP contribution in [-0.4, -0.2) is 18.2 Å². The second kappa shape index (κ2) is 3.50. The Balaban J connectivity index is 2.02. The van der Waals surface area contributed by atoms with Gasteiger partial charge >= 0.3 is 0 Å². The van der Waals surface area contributed by atoms with E-state index in [0.29, 0.717) is 12.6 Å². The minimum atomic E-state index is -0.405. The molecule has 2 spiro atoms. The third kappa shape index (κ3) is 1.29. The maximum atomic E-state index is 6.29. The Morgan fingerprint density at radius 3 is 2.65 bits per heavy atom. The van der Waals surface area contributed by atoms with Gasteiger partial charge in [0, 0.05) is 15.5 Å². The van der Waals surface area contributed by atoms with Crippen molar-refractivity contribution in [2.45, 2.75) is 37.8 Å². The smallest absolute Gasteiger partial charge is 0.283 e. The summed E-state index contributed by atoms with van der Waals surface area (Å²) in [4.78, 5) is 4.74. The number of hydrogen-bond acceptors (Lipinski definition) is 4. The zero-order valence-corrected chi connectivity index (χ0v) is 13.2.